The Kier molecular flexibility index (Phi) is 11.3. The van der Waals surface area contributed by atoms with Crippen LogP contribution in [-0.2, 0) is 20.2 Å². The highest BCUT2D eigenvalue weighted by molar-refractivity contribution is 7.86. The Morgan fingerprint density at radius 3 is 1.23 bits per heavy atom. The molecule has 5 aromatic carbocycles. The molecule has 0 saturated carbocycles. The van der Waals surface area contributed by atoms with E-state index in [1.54, 1.807) is 0 Å². The monoisotopic (exact) mass is 754 g/mol. The second-order valence-electron chi connectivity index (χ2n) is 14.9. The summed E-state index contributed by atoms with van der Waals surface area (Å²) >= 11 is 0. The van der Waals surface area contributed by atoms with Crippen molar-refractivity contribution in [3.05, 3.63) is 140 Å². The molecular formula is C43H50N2O6S2. The van der Waals surface area contributed by atoms with E-state index >= 15 is 0 Å². The Bertz CT molecular complexity index is 2270. The van der Waals surface area contributed by atoms with Gasteiger partial charge in [0, 0.05) is 28.7 Å². The third kappa shape index (κ3) is 8.68. The smallest absolute Gasteiger partial charge is 0.294 e. The molecule has 5 aromatic rings. The van der Waals surface area contributed by atoms with Gasteiger partial charge >= 0.3 is 0 Å². The van der Waals surface area contributed by atoms with Crippen LogP contribution in [0.2, 0.25) is 0 Å². The molecule has 0 aliphatic carbocycles. The van der Waals surface area contributed by atoms with Crippen molar-refractivity contribution in [3.8, 4) is 0 Å². The number of aryl methyl sites for hydroxylation is 6. The maximum absolute atomic E-state index is 13.0. The molecule has 0 atom stereocenters. The van der Waals surface area contributed by atoms with Crippen LogP contribution in [0.4, 0.5) is 22.7 Å². The Labute approximate surface area is 315 Å². The van der Waals surface area contributed by atoms with Gasteiger partial charge in [0.05, 0.1) is 9.79 Å². The van der Waals surface area contributed by atoms with Gasteiger partial charge in [-0.3, -0.25) is 9.11 Å². The maximum Gasteiger partial charge on any atom is 0.294 e. The zero-order valence-corrected chi connectivity index (χ0v) is 33.7. The summed E-state index contributed by atoms with van der Waals surface area (Å²) in [4.78, 5) is -1.24. The van der Waals surface area contributed by atoms with E-state index in [1.807, 2.05) is 36.4 Å². The minimum absolute atomic E-state index is 0.0610. The van der Waals surface area contributed by atoms with Crippen LogP contribution in [-0.4, -0.2) is 25.9 Å². The van der Waals surface area contributed by atoms with Gasteiger partial charge in [0.1, 0.15) is 0 Å². The lowest BCUT2D eigenvalue weighted by Crippen LogP contribution is -2.13. The van der Waals surface area contributed by atoms with Crippen molar-refractivity contribution in [2.24, 2.45) is 0 Å². The third-order valence-corrected chi connectivity index (χ3v) is 11.6. The number of hydrogen-bond acceptors (Lipinski definition) is 6. The predicted molar refractivity (Wildman–Crippen MR) is 216 cm³/mol. The average Bonchev–Trinajstić information content (AvgIpc) is 3.04. The molecule has 0 bridgehead atoms. The largest absolute Gasteiger partial charge is 0.355 e. The van der Waals surface area contributed by atoms with Crippen LogP contribution in [0.1, 0.15) is 107 Å². The second-order valence-corrected chi connectivity index (χ2v) is 17.7. The second kappa shape index (κ2) is 15.1. The van der Waals surface area contributed by atoms with Crippen molar-refractivity contribution < 1.29 is 25.9 Å². The summed E-state index contributed by atoms with van der Waals surface area (Å²) in [6, 6.07) is 23.8. The van der Waals surface area contributed by atoms with Crippen molar-refractivity contribution in [1.29, 1.82) is 0 Å². The Morgan fingerprint density at radius 1 is 0.491 bits per heavy atom. The molecule has 0 fully saturated rings. The highest BCUT2D eigenvalue weighted by Gasteiger charge is 2.29. The van der Waals surface area contributed by atoms with Crippen molar-refractivity contribution in [1.82, 2.24) is 0 Å². The molecule has 53 heavy (non-hydrogen) atoms. The van der Waals surface area contributed by atoms with E-state index in [4.69, 9.17) is 0 Å². The van der Waals surface area contributed by atoms with Gasteiger partial charge in [-0.25, -0.2) is 0 Å². The molecule has 8 nitrogen and oxygen atoms in total. The third-order valence-electron chi connectivity index (χ3n) is 9.81. The summed E-state index contributed by atoms with van der Waals surface area (Å²) in [6.45, 7) is 20.8. The highest BCUT2D eigenvalue weighted by atomic mass is 32.2. The fraction of sp³-hybridized carbons (Fsp3) is 0.302. The first-order valence-corrected chi connectivity index (χ1v) is 20.6. The van der Waals surface area contributed by atoms with Gasteiger partial charge in [-0.15, -0.1) is 0 Å². The molecule has 0 spiro atoms. The maximum atomic E-state index is 13.0. The van der Waals surface area contributed by atoms with E-state index in [0.717, 1.165) is 79.4 Å². The summed E-state index contributed by atoms with van der Waals surface area (Å²) in [6.07, 6.45) is 0. The van der Waals surface area contributed by atoms with Gasteiger partial charge in [-0.05, 0) is 128 Å². The van der Waals surface area contributed by atoms with Crippen LogP contribution in [0, 0.1) is 41.5 Å². The predicted octanol–water partition coefficient (Wildman–Crippen LogP) is 10.9. The van der Waals surface area contributed by atoms with Gasteiger partial charge in [-0.1, -0.05) is 93.4 Å². The number of hydrogen-bond donors (Lipinski definition) is 4. The van der Waals surface area contributed by atoms with E-state index in [9.17, 15) is 25.9 Å². The molecule has 0 unspecified atom stereocenters. The first-order chi connectivity index (χ1) is 24.6. The van der Waals surface area contributed by atoms with Crippen LogP contribution in [0.15, 0.2) is 88.7 Å². The quantitative estimate of drug-likeness (QED) is 0.0774. The number of rotatable bonds is 11. The molecule has 0 aliphatic rings. The van der Waals surface area contributed by atoms with Crippen molar-refractivity contribution in [2.45, 2.75) is 96.8 Å². The molecule has 0 radical (unpaired) electrons. The number of nitrogens with one attached hydrogen (secondary N) is 2. The van der Waals surface area contributed by atoms with E-state index in [0.29, 0.717) is 0 Å². The SMILES string of the molecule is Cc1cc(C)c(Nc2ccc(C(c3ccc(Nc4c(C)cc(C)cc4C)c(C(C)C)c3)c3ccc(S(=O)(=O)O)cc3S(=O)(=O)O)cc2C(C)C)c(C)c1. The Balaban J connectivity index is 1.76. The van der Waals surface area contributed by atoms with Gasteiger partial charge in [0.15, 0.2) is 0 Å². The van der Waals surface area contributed by atoms with Crippen molar-refractivity contribution >= 4 is 43.0 Å². The van der Waals surface area contributed by atoms with Gasteiger partial charge in [0.2, 0.25) is 0 Å². The average molecular weight is 755 g/mol. The number of anilines is 4. The lowest BCUT2D eigenvalue weighted by molar-refractivity contribution is 0.480. The topological polar surface area (TPSA) is 133 Å². The standard InChI is InChI=1S/C43H50N2O6S2/c1-24(2)36-21-32(11-15-38(36)44-42-28(7)17-26(5)18-29(42)8)41(35-14-13-34(52(46,47)48)23-40(35)53(49,50)51)33-12-16-39(37(22-33)25(3)4)45-43-30(9)19-27(6)20-31(43)10/h11-25,41,44-45H,1-10H3,(H,46,47,48)(H,49,50,51). The van der Waals surface area contributed by atoms with E-state index < -0.39 is 35.9 Å². The fourth-order valence-electron chi connectivity index (χ4n) is 7.42. The first-order valence-electron chi connectivity index (χ1n) is 17.7. The van der Waals surface area contributed by atoms with Gasteiger partial charge in [-0.2, -0.15) is 16.8 Å². The molecular weight excluding hydrogens is 705 g/mol. The molecule has 10 heteroatoms. The van der Waals surface area contributed by atoms with Crippen LogP contribution >= 0.6 is 0 Å². The molecule has 0 aromatic heterocycles. The molecule has 0 aliphatic heterocycles. The van der Waals surface area contributed by atoms with E-state index in [1.165, 1.54) is 17.2 Å². The molecule has 280 valence electrons. The summed E-state index contributed by atoms with van der Waals surface area (Å²) in [5, 5.41) is 7.30. The lowest BCUT2D eigenvalue weighted by Gasteiger charge is -2.26. The van der Waals surface area contributed by atoms with Crippen LogP contribution in [0.3, 0.4) is 0 Å². The zero-order chi connectivity index (χ0) is 39.2. The molecule has 0 saturated heterocycles. The van der Waals surface area contributed by atoms with Crippen molar-refractivity contribution in [3.63, 3.8) is 0 Å². The highest BCUT2D eigenvalue weighted by Crippen LogP contribution is 2.42. The van der Waals surface area contributed by atoms with Gasteiger partial charge < -0.3 is 10.6 Å². The molecule has 5 rings (SSSR count). The van der Waals surface area contributed by atoms with Crippen LogP contribution in [0.5, 0.6) is 0 Å². The van der Waals surface area contributed by atoms with Gasteiger partial charge in [0.25, 0.3) is 20.2 Å². The summed E-state index contributed by atoms with van der Waals surface area (Å²) in [7, 11) is -9.73. The molecule has 4 N–H and O–H groups in total. The number of benzene rings is 5. The van der Waals surface area contributed by atoms with Crippen LogP contribution in [0.25, 0.3) is 0 Å². The lowest BCUT2D eigenvalue weighted by atomic mass is 9.81. The first kappa shape index (κ1) is 39.7. The van der Waals surface area contributed by atoms with E-state index in [2.05, 4.69) is 104 Å². The summed E-state index contributed by atoms with van der Waals surface area (Å²) in [5.41, 5.74) is 14.3. The summed E-state index contributed by atoms with van der Waals surface area (Å²) < 4.78 is 70.6. The Hall–Kier alpha value is -4.48. The van der Waals surface area contributed by atoms with E-state index in [-0.39, 0.29) is 17.4 Å². The minimum Gasteiger partial charge on any atom is -0.355 e. The molecule has 0 heterocycles. The Morgan fingerprint density at radius 2 is 0.887 bits per heavy atom. The molecule has 0 amide bonds. The summed E-state index contributed by atoms with van der Waals surface area (Å²) in [5.74, 6) is -0.636. The minimum atomic E-state index is -4.95. The van der Waals surface area contributed by atoms with Crippen LogP contribution < -0.4 is 10.6 Å². The van der Waals surface area contributed by atoms with Crippen molar-refractivity contribution in [2.75, 3.05) is 10.6 Å². The zero-order valence-electron chi connectivity index (χ0n) is 32.1. The normalized spacial score (nSPS) is 12.2. The fourth-order valence-corrected chi connectivity index (χ4v) is 8.76.